The molecule has 0 radical (unpaired) electrons. The molecular weight excluding hydrogens is 273 g/mol. The molecule has 0 saturated carbocycles. The molecule has 5 nitrogen and oxygen atoms in total. The fourth-order valence-corrected chi connectivity index (χ4v) is 2.15. The van der Waals surface area contributed by atoms with E-state index in [9.17, 15) is 9.18 Å². The topological polar surface area (TPSA) is 68.0 Å². The number of aryl methyl sites for hydroxylation is 2. The van der Waals surface area contributed by atoms with Crippen molar-refractivity contribution in [3.8, 4) is 0 Å². The minimum absolute atomic E-state index is 0.124. The molecule has 0 aliphatic heterocycles. The second kappa shape index (κ2) is 4.97. The Morgan fingerprint density at radius 2 is 2.05 bits per heavy atom. The lowest BCUT2D eigenvalue weighted by Gasteiger charge is -2.07. The molecule has 106 valence electrons. The van der Waals surface area contributed by atoms with Gasteiger partial charge in [-0.3, -0.25) is 4.79 Å². The van der Waals surface area contributed by atoms with Crippen molar-refractivity contribution >= 4 is 22.7 Å². The third-order valence-electron chi connectivity index (χ3n) is 3.11. The number of rotatable bonds is 2. The van der Waals surface area contributed by atoms with E-state index >= 15 is 0 Å². The molecule has 2 aromatic heterocycles. The maximum atomic E-state index is 13.6. The predicted octanol–water partition coefficient (Wildman–Crippen LogP) is 3.23. The van der Waals surface area contributed by atoms with Crippen LogP contribution in [-0.4, -0.2) is 16.0 Å². The molecule has 0 aliphatic carbocycles. The first-order valence-electron chi connectivity index (χ1n) is 6.36. The third kappa shape index (κ3) is 2.35. The number of para-hydroxylation sites is 1. The Bertz CT molecular complexity index is 842. The van der Waals surface area contributed by atoms with Gasteiger partial charge in [-0.25, -0.2) is 9.37 Å². The number of benzene rings is 1. The van der Waals surface area contributed by atoms with Crippen LogP contribution < -0.4 is 5.32 Å². The summed E-state index contributed by atoms with van der Waals surface area (Å²) >= 11 is 0. The number of anilines is 1. The van der Waals surface area contributed by atoms with Gasteiger partial charge in [-0.05, 0) is 32.0 Å². The molecule has 0 unspecified atom stereocenters. The summed E-state index contributed by atoms with van der Waals surface area (Å²) in [5.74, 6) is -0.920. The van der Waals surface area contributed by atoms with Gasteiger partial charge in [-0.15, -0.1) is 0 Å². The van der Waals surface area contributed by atoms with E-state index < -0.39 is 11.7 Å². The van der Waals surface area contributed by atoms with Gasteiger partial charge in [-0.1, -0.05) is 17.3 Å². The van der Waals surface area contributed by atoms with E-state index in [0.717, 1.165) is 0 Å². The Balaban J connectivity index is 2.06. The highest BCUT2D eigenvalue weighted by atomic mass is 19.1. The number of hydrogen-bond acceptors (Lipinski definition) is 4. The normalized spacial score (nSPS) is 10.8. The first-order chi connectivity index (χ1) is 10.1. The van der Waals surface area contributed by atoms with Gasteiger partial charge in [0.1, 0.15) is 5.82 Å². The smallest absolute Gasteiger partial charge is 0.258 e. The maximum Gasteiger partial charge on any atom is 0.258 e. The maximum absolute atomic E-state index is 13.6. The SMILES string of the molecule is Cc1cc(C(=O)Nc2ccccc2F)c2c(C)noc2n1. The Hall–Kier alpha value is -2.76. The summed E-state index contributed by atoms with van der Waals surface area (Å²) in [4.78, 5) is 16.6. The van der Waals surface area contributed by atoms with E-state index in [4.69, 9.17) is 4.52 Å². The average Bonchev–Trinajstić information content (AvgIpc) is 2.82. The van der Waals surface area contributed by atoms with Gasteiger partial charge in [0.05, 0.1) is 22.3 Å². The van der Waals surface area contributed by atoms with Crippen molar-refractivity contribution in [2.24, 2.45) is 0 Å². The Kier molecular flexibility index (Phi) is 3.13. The summed E-state index contributed by atoms with van der Waals surface area (Å²) in [6.07, 6.45) is 0. The summed E-state index contributed by atoms with van der Waals surface area (Å²) in [6.45, 7) is 3.47. The zero-order chi connectivity index (χ0) is 15.0. The van der Waals surface area contributed by atoms with Crippen LogP contribution >= 0.6 is 0 Å². The summed E-state index contributed by atoms with van der Waals surface area (Å²) in [7, 11) is 0. The standard InChI is InChI=1S/C15H12FN3O2/c1-8-7-10(13-9(2)19-21-15(13)17-8)14(20)18-12-6-4-3-5-11(12)16/h3-7H,1-2H3,(H,18,20). The second-order valence-electron chi connectivity index (χ2n) is 4.69. The Labute approximate surface area is 119 Å². The van der Waals surface area contributed by atoms with E-state index in [0.29, 0.717) is 28.1 Å². The van der Waals surface area contributed by atoms with E-state index in [2.05, 4.69) is 15.5 Å². The van der Waals surface area contributed by atoms with Crippen LogP contribution in [0.2, 0.25) is 0 Å². The molecule has 6 heteroatoms. The van der Waals surface area contributed by atoms with Crippen LogP contribution in [0.1, 0.15) is 21.7 Å². The van der Waals surface area contributed by atoms with Crippen LogP contribution in [0.3, 0.4) is 0 Å². The molecular formula is C15H12FN3O2. The summed E-state index contributed by atoms with van der Waals surface area (Å²) in [5.41, 5.74) is 1.97. The lowest BCUT2D eigenvalue weighted by Crippen LogP contribution is -2.14. The lowest BCUT2D eigenvalue weighted by atomic mass is 10.1. The van der Waals surface area contributed by atoms with E-state index in [1.165, 1.54) is 12.1 Å². The molecule has 1 amide bonds. The van der Waals surface area contributed by atoms with Crippen LogP contribution in [0.5, 0.6) is 0 Å². The molecule has 1 aromatic carbocycles. The largest absolute Gasteiger partial charge is 0.336 e. The van der Waals surface area contributed by atoms with Crippen LogP contribution in [0.25, 0.3) is 11.1 Å². The lowest BCUT2D eigenvalue weighted by molar-refractivity contribution is 0.102. The number of pyridine rings is 1. The zero-order valence-electron chi connectivity index (χ0n) is 11.5. The number of nitrogens with zero attached hydrogens (tertiary/aromatic N) is 2. The molecule has 1 N–H and O–H groups in total. The fraction of sp³-hybridized carbons (Fsp3) is 0.133. The van der Waals surface area contributed by atoms with Crippen molar-refractivity contribution in [1.82, 2.24) is 10.1 Å². The van der Waals surface area contributed by atoms with Crippen LogP contribution in [0.15, 0.2) is 34.9 Å². The van der Waals surface area contributed by atoms with E-state index in [1.807, 2.05) is 0 Å². The van der Waals surface area contributed by atoms with Gasteiger partial charge in [0.25, 0.3) is 11.6 Å². The first kappa shape index (κ1) is 13.2. The summed E-state index contributed by atoms with van der Waals surface area (Å²) in [6, 6.07) is 7.62. The molecule has 0 spiro atoms. The minimum atomic E-state index is -0.491. The van der Waals surface area contributed by atoms with Gasteiger partial charge >= 0.3 is 0 Å². The van der Waals surface area contributed by atoms with Crippen LogP contribution in [0, 0.1) is 19.7 Å². The van der Waals surface area contributed by atoms with Crippen molar-refractivity contribution < 1.29 is 13.7 Å². The Morgan fingerprint density at radius 1 is 1.29 bits per heavy atom. The highest BCUT2D eigenvalue weighted by Crippen LogP contribution is 2.23. The zero-order valence-corrected chi connectivity index (χ0v) is 11.5. The molecule has 0 bridgehead atoms. The van der Waals surface area contributed by atoms with Gasteiger partial charge in [-0.2, -0.15) is 0 Å². The highest BCUT2D eigenvalue weighted by molar-refractivity contribution is 6.12. The quantitative estimate of drug-likeness (QED) is 0.785. The molecule has 2 heterocycles. The van der Waals surface area contributed by atoms with Gasteiger partial charge < -0.3 is 9.84 Å². The number of carbonyl (C=O) groups is 1. The summed E-state index contributed by atoms with van der Waals surface area (Å²) < 4.78 is 18.7. The number of aromatic nitrogens is 2. The molecule has 3 rings (SSSR count). The number of hydrogen-bond donors (Lipinski definition) is 1. The van der Waals surface area contributed by atoms with Gasteiger partial charge in [0, 0.05) is 5.69 Å². The van der Waals surface area contributed by atoms with Crippen LogP contribution in [-0.2, 0) is 0 Å². The molecule has 3 aromatic rings. The number of amides is 1. The van der Waals surface area contributed by atoms with E-state index in [-0.39, 0.29) is 5.69 Å². The van der Waals surface area contributed by atoms with Crippen molar-refractivity contribution in [1.29, 1.82) is 0 Å². The first-order valence-corrected chi connectivity index (χ1v) is 6.36. The Morgan fingerprint density at radius 3 is 2.81 bits per heavy atom. The minimum Gasteiger partial charge on any atom is -0.336 e. The monoisotopic (exact) mass is 285 g/mol. The number of carbonyl (C=O) groups excluding carboxylic acids is 1. The average molecular weight is 285 g/mol. The fourth-order valence-electron chi connectivity index (χ4n) is 2.15. The third-order valence-corrected chi connectivity index (χ3v) is 3.11. The van der Waals surface area contributed by atoms with Crippen molar-refractivity contribution in [3.05, 3.63) is 53.1 Å². The van der Waals surface area contributed by atoms with Crippen LogP contribution in [0.4, 0.5) is 10.1 Å². The van der Waals surface area contributed by atoms with Crippen molar-refractivity contribution in [3.63, 3.8) is 0 Å². The molecule has 0 aliphatic rings. The molecule has 0 fully saturated rings. The molecule has 0 saturated heterocycles. The molecule has 0 atom stereocenters. The van der Waals surface area contributed by atoms with E-state index in [1.54, 1.807) is 32.0 Å². The van der Waals surface area contributed by atoms with Crippen molar-refractivity contribution in [2.75, 3.05) is 5.32 Å². The number of nitrogens with one attached hydrogen (secondary N) is 1. The van der Waals surface area contributed by atoms with Gasteiger partial charge in [0.2, 0.25) is 0 Å². The molecule has 21 heavy (non-hydrogen) atoms. The highest BCUT2D eigenvalue weighted by Gasteiger charge is 2.18. The second-order valence-corrected chi connectivity index (χ2v) is 4.69. The summed E-state index contributed by atoms with van der Waals surface area (Å²) in [5, 5.41) is 6.90. The number of fused-ring (bicyclic) bond motifs is 1. The van der Waals surface area contributed by atoms with Gasteiger partial charge in [0.15, 0.2) is 0 Å². The number of halogens is 1. The van der Waals surface area contributed by atoms with Crippen molar-refractivity contribution in [2.45, 2.75) is 13.8 Å². The predicted molar refractivity (Wildman–Crippen MR) is 75.6 cm³/mol.